The Morgan fingerprint density at radius 2 is 2.10 bits per heavy atom. The monoisotopic (exact) mass is 280 g/mol. The Labute approximate surface area is 119 Å². The van der Waals surface area contributed by atoms with Crippen molar-refractivity contribution >= 4 is 5.84 Å². The summed E-state index contributed by atoms with van der Waals surface area (Å²) in [4.78, 5) is 1.99. The molecule has 4 nitrogen and oxygen atoms in total. The van der Waals surface area contributed by atoms with Crippen molar-refractivity contribution in [3.05, 3.63) is 35.1 Å². The van der Waals surface area contributed by atoms with Gasteiger partial charge in [-0.3, -0.25) is 5.41 Å². The van der Waals surface area contributed by atoms with Crippen LogP contribution in [0.5, 0.6) is 0 Å². The molecule has 1 aromatic rings. The minimum atomic E-state index is -0.276. The van der Waals surface area contributed by atoms with Crippen molar-refractivity contribution in [1.82, 2.24) is 4.90 Å². The van der Waals surface area contributed by atoms with Crippen molar-refractivity contribution in [2.45, 2.75) is 19.4 Å². The van der Waals surface area contributed by atoms with Crippen molar-refractivity contribution in [3.8, 4) is 0 Å². The minimum Gasteiger partial charge on any atom is -0.382 e. The van der Waals surface area contributed by atoms with Gasteiger partial charge in [0.05, 0.1) is 13.2 Å². The van der Waals surface area contributed by atoms with Gasteiger partial charge in [0.1, 0.15) is 11.7 Å². The molecule has 0 bridgehead atoms. The van der Waals surface area contributed by atoms with Gasteiger partial charge in [0.2, 0.25) is 0 Å². The predicted octanol–water partition coefficient (Wildman–Crippen LogP) is 2.41. The van der Waals surface area contributed by atoms with Crippen molar-refractivity contribution in [2.75, 3.05) is 33.5 Å². The maximum atomic E-state index is 13.2. The molecule has 0 atom stereocenters. The van der Waals surface area contributed by atoms with Crippen LogP contribution in [0.25, 0.3) is 0 Å². The zero-order valence-electron chi connectivity index (χ0n) is 11.8. The quantitative estimate of drug-likeness (QED) is 0.744. The van der Waals surface area contributed by atoms with Crippen LogP contribution in [-0.2, 0) is 16.0 Å². The summed E-state index contributed by atoms with van der Waals surface area (Å²) in [6, 6.07) is 4.68. The van der Waals surface area contributed by atoms with Crippen molar-refractivity contribution < 1.29 is 13.9 Å². The van der Waals surface area contributed by atoms with Crippen molar-refractivity contribution in [1.29, 1.82) is 5.41 Å². The Hall–Kier alpha value is -1.46. The zero-order valence-corrected chi connectivity index (χ0v) is 11.8. The highest BCUT2D eigenvalue weighted by Gasteiger charge is 2.23. The van der Waals surface area contributed by atoms with E-state index in [0.717, 1.165) is 30.5 Å². The average Bonchev–Trinajstić information content (AvgIpc) is 2.75. The molecule has 0 saturated heterocycles. The van der Waals surface area contributed by atoms with Crippen LogP contribution in [0.1, 0.15) is 24.0 Å². The fourth-order valence-electron chi connectivity index (χ4n) is 2.30. The molecule has 1 aromatic carbocycles. The van der Waals surface area contributed by atoms with Gasteiger partial charge in [0.25, 0.3) is 0 Å². The molecule has 0 saturated carbocycles. The van der Waals surface area contributed by atoms with Crippen LogP contribution >= 0.6 is 0 Å². The van der Waals surface area contributed by atoms with E-state index in [2.05, 4.69) is 0 Å². The molecule has 0 unspecified atom stereocenters. The summed E-state index contributed by atoms with van der Waals surface area (Å²) < 4.78 is 23.5. The first-order valence-corrected chi connectivity index (χ1v) is 6.91. The number of halogens is 1. The third-order valence-electron chi connectivity index (χ3n) is 3.40. The lowest BCUT2D eigenvalue weighted by molar-refractivity contribution is 0.0682. The first-order chi connectivity index (χ1) is 9.72. The van der Waals surface area contributed by atoms with Gasteiger partial charge in [0.15, 0.2) is 0 Å². The van der Waals surface area contributed by atoms with Gasteiger partial charge in [-0.1, -0.05) is 6.07 Å². The third kappa shape index (κ3) is 3.77. The molecule has 0 amide bonds. The summed E-state index contributed by atoms with van der Waals surface area (Å²) in [7, 11) is 1.66. The van der Waals surface area contributed by atoms with Gasteiger partial charge in [0, 0.05) is 32.4 Å². The SMILES string of the molecule is COCCOCCCCN1Cc2ccc(F)cc2C1=N. The molecule has 1 aliphatic rings. The fourth-order valence-corrected chi connectivity index (χ4v) is 2.30. The molecule has 1 heterocycles. The van der Waals surface area contributed by atoms with Crippen LogP contribution in [0.3, 0.4) is 0 Å². The van der Waals surface area contributed by atoms with Crippen LogP contribution in [0, 0.1) is 11.2 Å². The average molecular weight is 280 g/mol. The summed E-state index contributed by atoms with van der Waals surface area (Å²) in [5.41, 5.74) is 1.76. The van der Waals surface area contributed by atoms with E-state index in [1.54, 1.807) is 13.2 Å². The standard InChI is InChI=1S/C15H21FN2O2/c1-19-8-9-20-7-3-2-6-18-11-12-4-5-13(16)10-14(12)15(18)17/h4-5,10,17H,2-3,6-9,11H2,1H3. The maximum absolute atomic E-state index is 13.2. The van der Waals surface area contributed by atoms with Crippen LogP contribution in [-0.4, -0.2) is 44.2 Å². The summed E-state index contributed by atoms with van der Waals surface area (Å²) in [6.07, 6.45) is 1.92. The van der Waals surface area contributed by atoms with Crippen molar-refractivity contribution in [3.63, 3.8) is 0 Å². The van der Waals surface area contributed by atoms with Gasteiger partial charge >= 0.3 is 0 Å². The Bertz CT molecular complexity index is 465. The van der Waals surface area contributed by atoms with E-state index in [9.17, 15) is 4.39 Å². The van der Waals surface area contributed by atoms with E-state index >= 15 is 0 Å². The molecule has 2 rings (SSSR count). The first kappa shape index (κ1) is 14.9. The second-order valence-electron chi connectivity index (χ2n) is 4.88. The molecule has 0 aliphatic carbocycles. The number of amidine groups is 1. The highest BCUT2D eigenvalue weighted by Crippen LogP contribution is 2.23. The lowest BCUT2D eigenvalue weighted by atomic mass is 10.1. The van der Waals surface area contributed by atoms with E-state index in [-0.39, 0.29) is 5.82 Å². The molecule has 0 radical (unpaired) electrons. The molecule has 1 aliphatic heterocycles. The second kappa shape index (κ2) is 7.36. The highest BCUT2D eigenvalue weighted by atomic mass is 19.1. The minimum absolute atomic E-state index is 0.276. The molecule has 1 N–H and O–H groups in total. The van der Waals surface area contributed by atoms with Crippen molar-refractivity contribution in [2.24, 2.45) is 0 Å². The molecule has 5 heteroatoms. The van der Waals surface area contributed by atoms with Gasteiger partial charge in [-0.25, -0.2) is 4.39 Å². The van der Waals surface area contributed by atoms with E-state index in [1.807, 2.05) is 4.90 Å². The van der Waals surface area contributed by atoms with Gasteiger partial charge < -0.3 is 14.4 Å². The van der Waals surface area contributed by atoms with Crippen LogP contribution in [0.2, 0.25) is 0 Å². The Morgan fingerprint density at radius 1 is 1.25 bits per heavy atom. The fraction of sp³-hybridized carbons (Fsp3) is 0.533. The molecular formula is C15H21FN2O2. The number of rotatable bonds is 8. The number of benzene rings is 1. The lowest BCUT2D eigenvalue weighted by Crippen LogP contribution is -2.25. The van der Waals surface area contributed by atoms with Crippen LogP contribution in [0.15, 0.2) is 18.2 Å². The Balaban J connectivity index is 1.70. The topological polar surface area (TPSA) is 45.6 Å². The Morgan fingerprint density at radius 3 is 2.90 bits per heavy atom. The largest absolute Gasteiger partial charge is 0.382 e. The molecule has 20 heavy (non-hydrogen) atoms. The van der Waals surface area contributed by atoms with E-state index in [1.165, 1.54) is 12.1 Å². The number of hydrogen-bond donors (Lipinski definition) is 1. The summed E-state index contributed by atoms with van der Waals surface area (Å²) in [5, 5.41) is 8.07. The molecule has 110 valence electrons. The van der Waals surface area contributed by atoms with E-state index in [4.69, 9.17) is 14.9 Å². The van der Waals surface area contributed by atoms with E-state index in [0.29, 0.717) is 32.2 Å². The summed E-state index contributed by atoms with van der Waals surface area (Å²) in [6.45, 7) is 3.48. The molecule has 0 fully saturated rings. The lowest BCUT2D eigenvalue weighted by Gasteiger charge is -2.17. The number of hydrogen-bond acceptors (Lipinski definition) is 3. The molecule has 0 spiro atoms. The summed E-state index contributed by atoms with van der Waals surface area (Å²) in [5.74, 6) is 0.154. The number of ether oxygens (including phenoxy) is 2. The van der Waals surface area contributed by atoms with Gasteiger partial charge in [-0.2, -0.15) is 0 Å². The van der Waals surface area contributed by atoms with Crippen LogP contribution < -0.4 is 0 Å². The molecule has 0 aromatic heterocycles. The van der Waals surface area contributed by atoms with Gasteiger partial charge in [-0.05, 0) is 30.5 Å². The maximum Gasteiger partial charge on any atom is 0.128 e. The number of methoxy groups -OCH3 is 1. The number of nitrogens with one attached hydrogen (secondary N) is 1. The van der Waals surface area contributed by atoms with E-state index < -0.39 is 0 Å². The third-order valence-corrected chi connectivity index (χ3v) is 3.40. The highest BCUT2D eigenvalue weighted by molar-refractivity contribution is 6.00. The van der Waals surface area contributed by atoms with Crippen LogP contribution in [0.4, 0.5) is 4.39 Å². The summed E-state index contributed by atoms with van der Waals surface area (Å²) >= 11 is 0. The number of unbranched alkanes of at least 4 members (excludes halogenated alkanes) is 1. The smallest absolute Gasteiger partial charge is 0.128 e. The first-order valence-electron chi connectivity index (χ1n) is 6.91. The predicted molar refractivity (Wildman–Crippen MR) is 75.6 cm³/mol. The number of fused-ring (bicyclic) bond motifs is 1. The normalized spacial score (nSPS) is 13.9. The number of nitrogens with zero attached hydrogens (tertiary/aromatic N) is 1. The molecular weight excluding hydrogens is 259 g/mol. The van der Waals surface area contributed by atoms with Gasteiger partial charge in [-0.15, -0.1) is 0 Å². The Kier molecular flexibility index (Phi) is 5.49. The second-order valence-corrected chi connectivity index (χ2v) is 4.88. The zero-order chi connectivity index (χ0) is 14.4.